The number of quaternary nitrogens is 1. The highest BCUT2D eigenvalue weighted by Gasteiger charge is 2.90. The van der Waals surface area contributed by atoms with Gasteiger partial charge in [-0.15, -0.1) is 0 Å². The van der Waals surface area contributed by atoms with Crippen LogP contribution in [0.4, 0.5) is 52.7 Å². The zero-order valence-corrected chi connectivity index (χ0v) is 20.4. The minimum Gasteiger partial charge on any atom is -0.743 e. The molecule has 0 saturated heterocycles. The number of halogens is 12. The molecule has 0 aromatic heterocycles. The normalized spacial score (nSPS) is 15.0. The third kappa shape index (κ3) is 6.48. The number of nitrogens with zero attached hydrogens (tertiary/aromatic N) is 1. The predicted molar refractivity (Wildman–Crippen MR) is 101 cm³/mol. The van der Waals surface area contributed by atoms with Gasteiger partial charge < -0.3 is 9.04 Å². The fraction of sp³-hybridized carbons (Fsp3) is 1.00. The fourth-order valence-corrected chi connectivity index (χ4v) is 3.30. The molecule has 0 saturated carbocycles. The Balaban J connectivity index is 0. The first-order valence-electron chi connectivity index (χ1n) is 10.4. The van der Waals surface area contributed by atoms with Crippen molar-refractivity contribution in [3.63, 3.8) is 0 Å². The summed E-state index contributed by atoms with van der Waals surface area (Å²) >= 11 is 0. The summed E-state index contributed by atoms with van der Waals surface area (Å²) in [6.45, 7) is 15.3. The van der Waals surface area contributed by atoms with Crippen LogP contribution in [-0.4, -0.2) is 78.5 Å². The van der Waals surface area contributed by atoms with Crippen molar-refractivity contribution >= 4 is 10.1 Å². The second kappa shape index (κ2) is 11.6. The van der Waals surface area contributed by atoms with Gasteiger partial charge in [0.15, 0.2) is 10.1 Å². The van der Waals surface area contributed by atoms with Crippen molar-refractivity contribution in [2.75, 3.05) is 26.2 Å². The van der Waals surface area contributed by atoms with Crippen LogP contribution >= 0.6 is 0 Å². The van der Waals surface area contributed by atoms with Crippen molar-refractivity contribution in [2.24, 2.45) is 0 Å². The number of rotatable bonds is 13. The van der Waals surface area contributed by atoms with E-state index >= 15 is 0 Å². The molecule has 0 aromatic carbocycles. The molecule has 0 aliphatic rings. The molecule has 0 N–H and O–H groups in total. The van der Waals surface area contributed by atoms with E-state index in [2.05, 4.69) is 27.7 Å². The quantitative estimate of drug-likeness (QED) is 0.148. The lowest BCUT2D eigenvalue weighted by molar-refractivity contribution is -0.921. The van der Waals surface area contributed by atoms with Crippen LogP contribution in [0.2, 0.25) is 0 Å². The second-order valence-electron chi connectivity index (χ2n) is 7.68. The average Bonchev–Trinajstić information content (AvgIpc) is 2.73. The summed E-state index contributed by atoms with van der Waals surface area (Å²) in [6, 6.07) is 0. The molecule has 0 atom stereocenters. The number of unbranched alkanes of at least 4 members (excludes halogenated alkanes) is 1. The Morgan fingerprint density at radius 1 is 0.600 bits per heavy atom. The number of hydrogen-bond acceptors (Lipinski definition) is 3. The van der Waals surface area contributed by atoms with Gasteiger partial charge >= 0.3 is 34.9 Å². The molecule has 0 amide bonds. The Bertz CT molecular complexity index is 751. The molecule has 0 heterocycles. The fourth-order valence-electron chi connectivity index (χ4n) is 2.86. The summed E-state index contributed by atoms with van der Waals surface area (Å²) in [4.78, 5) is 0. The lowest BCUT2D eigenvalue weighted by atomic mass is 9.92. The van der Waals surface area contributed by atoms with Crippen LogP contribution in [0.25, 0.3) is 0 Å². The molecular formula is C18H29F12NO3S. The molecule has 0 aliphatic heterocycles. The van der Waals surface area contributed by atoms with Gasteiger partial charge in [-0.3, -0.25) is 0 Å². The Morgan fingerprint density at radius 3 is 1.14 bits per heavy atom. The topological polar surface area (TPSA) is 57.2 Å². The Labute approximate surface area is 196 Å². The number of hydrogen-bond donors (Lipinski definition) is 0. The highest BCUT2D eigenvalue weighted by Crippen LogP contribution is 2.61. The maximum atomic E-state index is 13.2. The third-order valence-electron chi connectivity index (χ3n) is 5.85. The summed E-state index contributed by atoms with van der Waals surface area (Å²) in [5.41, 5.74) is 0. The SMILES string of the molecule is CCCCC(F)(F)C(F)(F)C(F)(F)C(F)(F)C(F)(F)C(F)(F)S(=O)(=O)[O-].CC[N+](CC)(CC)CC. The van der Waals surface area contributed by atoms with Crippen LogP contribution in [0.3, 0.4) is 0 Å². The minimum absolute atomic E-state index is 0.351. The van der Waals surface area contributed by atoms with Gasteiger partial charge in [-0.05, 0) is 34.1 Å². The summed E-state index contributed by atoms with van der Waals surface area (Å²) in [6.07, 6.45) is -3.52. The summed E-state index contributed by atoms with van der Waals surface area (Å²) in [5.74, 6) is -37.2. The van der Waals surface area contributed by atoms with E-state index in [4.69, 9.17) is 0 Å². The van der Waals surface area contributed by atoms with E-state index in [1.165, 1.54) is 30.7 Å². The molecule has 0 spiro atoms. The second-order valence-corrected chi connectivity index (χ2v) is 9.10. The largest absolute Gasteiger partial charge is 0.743 e. The lowest BCUT2D eigenvalue weighted by Crippen LogP contribution is -2.71. The van der Waals surface area contributed by atoms with E-state index < -0.39 is 57.8 Å². The van der Waals surface area contributed by atoms with Gasteiger partial charge in [0.1, 0.15) is 0 Å². The van der Waals surface area contributed by atoms with Crippen LogP contribution < -0.4 is 0 Å². The molecule has 0 fully saturated rings. The van der Waals surface area contributed by atoms with Gasteiger partial charge in [0.2, 0.25) is 0 Å². The van der Waals surface area contributed by atoms with Gasteiger partial charge in [-0.1, -0.05) is 13.3 Å². The third-order valence-corrected chi connectivity index (χ3v) is 6.73. The molecule has 0 radical (unpaired) electrons. The molecule has 35 heavy (non-hydrogen) atoms. The molecule has 0 rings (SSSR count). The summed E-state index contributed by atoms with van der Waals surface area (Å²) in [5, 5.41) is -7.51. The molecule has 0 aliphatic carbocycles. The van der Waals surface area contributed by atoms with Crippen LogP contribution in [0.5, 0.6) is 0 Å². The van der Waals surface area contributed by atoms with Crippen molar-refractivity contribution in [2.45, 2.75) is 88.7 Å². The van der Waals surface area contributed by atoms with E-state index in [1.54, 1.807) is 0 Å². The van der Waals surface area contributed by atoms with Gasteiger partial charge in [-0.2, -0.15) is 52.7 Å². The lowest BCUT2D eigenvalue weighted by Gasteiger charge is -2.41. The van der Waals surface area contributed by atoms with Crippen molar-refractivity contribution in [1.29, 1.82) is 0 Å². The summed E-state index contributed by atoms with van der Waals surface area (Å²) in [7, 11) is -7.78. The minimum atomic E-state index is -8.06. The van der Waals surface area contributed by atoms with Gasteiger partial charge in [-0.25, -0.2) is 8.42 Å². The van der Waals surface area contributed by atoms with Crippen molar-refractivity contribution in [1.82, 2.24) is 0 Å². The van der Waals surface area contributed by atoms with Crippen molar-refractivity contribution < 1.29 is 70.1 Å². The van der Waals surface area contributed by atoms with E-state index in [0.717, 1.165) is 6.92 Å². The smallest absolute Gasteiger partial charge is 0.402 e. The Kier molecular flexibility index (Phi) is 12.0. The zero-order valence-electron chi connectivity index (χ0n) is 19.6. The highest BCUT2D eigenvalue weighted by atomic mass is 32.2. The van der Waals surface area contributed by atoms with Crippen LogP contribution in [0, 0.1) is 0 Å². The first-order valence-corrected chi connectivity index (χ1v) is 11.8. The summed E-state index contributed by atoms with van der Waals surface area (Å²) < 4.78 is 188. The molecular weight excluding hydrogens is 538 g/mol. The Hall–Kier alpha value is -0.970. The zero-order chi connectivity index (χ0) is 28.9. The van der Waals surface area contributed by atoms with Gasteiger partial charge in [0.05, 0.1) is 26.2 Å². The van der Waals surface area contributed by atoms with E-state index in [9.17, 15) is 65.7 Å². The van der Waals surface area contributed by atoms with Crippen LogP contribution in [0.15, 0.2) is 0 Å². The number of alkyl halides is 12. The standard InChI is InChI=1S/C10H10F12O3S.C8H20N/c1-2-3-4-5(11,12)6(13,14)7(15,16)8(17,18)9(19,20)10(21,22)26(23,24)25;1-5-9(6-2,7-3)8-4/h2-4H2,1H3,(H,23,24,25);5-8H2,1-4H3/q;+1/p-1. The molecule has 0 bridgehead atoms. The molecule has 214 valence electrons. The molecule has 0 aromatic rings. The molecule has 4 nitrogen and oxygen atoms in total. The molecule has 17 heteroatoms. The van der Waals surface area contributed by atoms with E-state index in [-0.39, 0.29) is 6.42 Å². The van der Waals surface area contributed by atoms with Gasteiger partial charge in [0, 0.05) is 6.42 Å². The van der Waals surface area contributed by atoms with Crippen molar-refractivity contribution in [3.05, 3.63) is 0 Å². The maximum absolute atomic E-state index is 13.2. The highest BCUT2D eigenvalue weighted by molar-refractivity contribution is 7.86. The monoisotopic (exact) mass is 567 g/mol. The first kappa shape index (κ1) is 36.2. The Morgan fingerprint density at radius 2 is 0.914 bits per heavy atom. The average molecular weight is 567 g/mol. The maximum Gasteiger partial charge on any atom is 0.402 e. The molecule has 0 unspecified atom stereocenters. The van der Waals surface area contributed by atoms with E-state index in [0.29, 0.717) is 0 Å². The van der Waals surface area contributed by atoms with Crippen LogP contribution in [-0.2, 0) is 10.1 Å². The van der Waals surface area contributed by atoms with Crippen molar-refractivity contribution in [3.8, 4) is 0 Å². The first-order chi connectivity index (χ1) is 15.3. The predicted octanol–water partition coefficient (Wildman–Crippen LogP) is 6.37. The van der Waals surface area contributed by atoms with E-state index in [1.807, 2.05) is 0 Å². The van der Waals surface area contributed by atoms with Gasteiger partial charge in [0.25, 0.3) is 0 Å². The van der Waals surface area contributed by atoms with Crippen LogP contribution in [0.1, 0.15) is 53.9 Å².